The van der Waals surface area contributed by atoms with E-state index in [0.717, 1.165) is 6.04 Å². The van der Waals surface area contributed by atoms with Crippen molar-refractivity contribution in [1.29, 1.82) is 0 Å². The van der Waals surface area contributed by atoms with Gasteiger partial charge in [-0.15, -0.1) is 0 Å². The smallest absolute Gasteiger partial charge is 0.00965 e. The van der Waals surface area contributed by atoms with Gasteiger partial charge in [0.05, 0.1) is 0 Å². The van der Waals surface area contributed by atoms with Crippen LogP contribution in [0.15, 0.2) is 0 Å². The summed E-state index contributed by atoms with van der Waals surface area (Å²) in [5.74, 6) is 0. The molecule has 0 saturated heterocycles. The summed E-state index contributed by atoms with van der Waals surface area (Å²) < 4.78 is 0. The fraction of sp³-hybridized carbons (Fsp3) is 1.00. The highest BCUT2D eigenvalue weighted by molar-refractivity contribution is 4.92. The Morgan fingerprint density at radius 1 is 1.11 bits per heavy atom. The van der Waals surface area contributed by atoms with Crippen LogP contribution in [-0.2, 0) is 0 Å². The van der Waals surface area contributed by atoms with E-state index in [1.54, 1.807) is 0 Å². The number of hydrogen-bond acceptors (Lipinski definition) is 2. The van der Waals surface area contributed by atoms with Crippen molar-refractivity contribution in [2.75, 3.05) is 19.6 Å². The van der Waals surface area contributed by atoms with Crippen LogP contribution in [0.1, 0.15) is 72.1 Å². The highest BCUT2D eigenvalue weighted by Crippen LogP contribution is 2.38. The highest BCUT2D eigenvalue weighted by atomic mass is 15.2. The van der Waals surface area contributed by atoms with Crippen LogP contribution in [-0.4, -0.2) is 36.6 Å². The van der Waals surface area contributed by atoms with Crippen molar-refractivity contribution < 1.29 is 0 Å². The molecule has 0 aromatic rings. The van der Waals surface area contributed by atoms with E-state index in [0.29, 0.717) is 11.5 Å². The summed E-state index contributed by atoms with van der Waals surface area (Å²) in [7, 11) is 0. The fourth-order valence-electron chi connectivity index (χ4n) is 3.66. The normalized spacial score (nSPS) is 23.8. The summed E-state index contributed by atoms with van der Waals surface area (Å²) in [6.07, 6.45) is 11.6. The lowest BCUT2D eigenvalue weighted by molar-refractivity contribution is 0.123. The number of rotatable bonds is 7. The first kappa shape index (κ1) is 15.3. The van der Waals surface area contributed by atoms with Crippen molar-refractivity contribution in [3.63, 3.8) is 0 Å². The summed E-state index contributed by atoms with van der Waals surface area (Å²) >= 11 is 0. The van der Waals surface area contributed by atoms with Crippen LogP contribution in [0.2, 0.25) is 0 Å². The van der Waals surface area contributed by atoms with Crippen LogP contribution in [0.5, 0.6) is 0 Å². The van der Waals surface area contributed by atoms with E-state index >= 15 is 0 Å². The molecule has 0 amide bonds. The number of nitrogens with zero attached hydrogens (tertiary/aromatic N) is 1. The lowest BCUT2D eigenvalue weighted by atomic mass is 9.79. The number of hydrogen-bond donors (Lipinski definition) is 1. The van der Waals surface area contributed by atoms with E-state index in [9.17, 15) is 0 Å². The van der Waals surface area contributed by atoms with Crippen LogP contribution in [0, 0.1) is 5.41 Å². The third-order valence-corrected chi connectivity index (χ3v) is 5.06. The molecule has 112 valence electrons. The molecule has 0 aromatic heterocycles. The molecule has 0 unspecified atom stereocenters. The predicted octanol–water partition coefficient (Wildman–Crippen LogP) is 3.81. The maximum atomic E-state index is 3.75. The lowest BCUT2D eigenvalue weighted by Gasteiger charge is -2.39. The molecular formula is C17H34N2. The molecule has 0 atom stereocenters. The average molecular weight is 266 g/mol. The summed E-state index contributed by atoms with van der Waals surface area (Å²) in [4.78, 5) is 2.77. The van der Waals surface area contributed by atoms with E-state index in [1.807, 2.05) is 0 Å². The molecule has 2 fully saturated rings. The van der Waals surface area contributed by atoms with Crippen molar-refractivity contribution >= 4 is 0 Å². The standard InChI is InChI=1S/C17H34N2/c1-4-19(16-9-10-16)14-17(13-18-15(2)3)11-7-5-6-8-12-17/h15-16,18H,4-14H2,1-3H3. The SMILES string of the molecule is CCN(CC1(CNC(C)C)CCCCCC1)C1CC1. The molecule has 2 saturated carbocycles. The fourth-order valence-corrected chi connectivity index (χ4v) is 3.66. The Labute approximate surface area is 120 Å². The quantitative estimate of drug-likeness (QED) is 0.705. The molecule has 2 nitrogen and oxygen atoms in total. The van der Waals surface area contributed by atoms with Crippen molar-refractivity contribution in [1.82, 2.24) is 10.2 Å². The van der Waals surface area contributed by atoms with E-state index in [-0.39, 0.29) is 0 Å². The van der Waals surface area contributed by atoms with Gasteiger partial charge >= 0.3 is 0 Å². The van der Waals surface area contributed by atoms with Gasteiger partial charge in [-0.25, -0.2) is 0 Å². The maximum Gasteiger partial charge on any atom is 0.00965 e. The Morgan fingerprint density at radius 3 is 2.21 bits per heavy atom. The molecule has 0 radical (unpaired) electrons. The molecule has 1 N–H and O–H groups in total. The van der Waals surface area contributed by atoms with Crippen LogP contribution >= 0.6 is 0 Å². The van der Waals surface area contributed by atoms with Gasteiger partial charge in [0.15, 0.2) is 0 Å². The molecule has 19 heavy (non-hydrogen) atoms. The van der Waals surface area contributed by atoms with Crippen molar-refractivity contribution in [3.05, 3.63) is 0 Å². The Kier molecular flexibility index (Phi) is 5.70. The van der Waals surface area contributed by atoms with E-state index in [1.165, 1.54) is 71.0 Å². The molecule has 0 aliphatic heterocycles. The third kappa shape index (κ3) is 4.75. The molecule has 0 heterocycles. The molecule has 0 bridgehead atoms. The Bertz CT molecular complexity index is 250. The van der Waals surface area contributed by atoms with Crippen LogP contribution < -0.4 is 5.32 Å². The molecule has 0 spiro atoms. The predicted molar refractivity (Wildman–Crippen MR) is 83.5 cm³/mol. The van der Waals surface area contributed by atoms with Crippen LogP contribution in [0.25, 0.3) is 0 Å². The van der Waals surface area contributed by atoms with Crippen LogP contribution in [0.4, 0.5) is 0 Å². The molecule has 2 aliphatic rings. The van der Waals surface area contributed by atoms with E-state index in [4.69, 9.17) is 0 Å². The second-order valence-corrected chi connectivity index (χ2v) is 7.24. The Hall–Kier alpha value is -0.0800. The topological polar surface area (TPSA) is 15.3 Å². The summed E-state index contributed by atoms with van der Waals surface area (Å²) in [5.41, 5.74) is 0.555. The molecule has 0 aromatic carbocycles. The van der Waals surface area contributed by atoms with E-state index < -0.39 is 0 Å². The number of nitrogens with one attached hydrogen (secondary N) is 1. The zero-order valence-electron chi connectivity index (χ0n) is 13.4. The van der Waals surface area contributed by atoms with Crippen molar-refractivity contribution in [2.45, 2.75) is 84.2 Å². The second-order valence-electron chi connectivity index (χ2n) is 7.24. The van der Waals surface area contributed by atoms with Crippen molar-refractivity contribution in [3.8, 4) is 0 Å². The van der Waals surface area contributed by atoms with Gasteiger partial charge < -0.3 is 10.2 Å². The molecule has 2 rings (SSSR count). The Morgan fingerprint density at radius 2 is 1.74 bits per heavy atom. The lowest BCUT2D eigenvalue weighted by Crippen LogP contribution is -2.46. The zero-order valence-corrected chi connectivity index (χ0v) is 13.4. The first-order chi connectivity index (χ1) is 9.15. The summed E-state index contributed by atoms with van der Waals surface area (Å²) in [6.45, 7) is 10.7. The first-order valence-electron chi connectivity index (χ1n) is 8.63. The molecular weight excluding hydrogens is 232 g/mol. The maximum absolute atomic E-state index is 3.75. The second kappa shape index (κ2) is 7.08. The third-order valence-electron chi connectivity index (χ3n) is 5.06. The largest absolute Gasteiger partial charge is 0.314 e. The van der Waals surface area contributed by atoms with Gasteiger partial charge in [0.25, 0.3) is 0 Å². The van der Waals surface area contributed by atoms with Crippen LogP contribution in [0.3, 0.4) is 0 Å². The van der Waals surface area contributed by atoms with Gasteiger partial charge in [0.1, 0.15) is 0 Å². The molecule has 2 heteroatoms. The summed E-state index contributed by atoms with van der Waals surface area (Å²) in [5, 5.41) is 3.75. The minimum Gasteiger partial charge on any atom is -0.314 e. The van der Waals surface area contributed by atoms with Crippen molar-refractivity contribution in [2.24, 2.45) is 5.41 Å². The average Bonchev–Trinajstić information content (AvgIpc) is 3.21. The van der Waals surface area contributed by atoms with Gasteiger partial charge in [-0.1, -0.05) is 46.5 Å². The molecule has 2 aliphatic carbocycles. The summed E-state index contributed by atoms with van der Waals surface area (Å²) in [6, 6.07) is 1.54. The van der Waals surface area contributed by atoms with Gasteiger partial charge in [0, 0.05) is 25.2 Å². The Balaban J connectivity index is 1.98. The van der Waals surface area contributed by atoms with Gasteiger partial charge in [-0.3, -0.25) is 0 Å². The minimum atomic E-state index is 0.555. The van der Waals surface area contributed by atoms with E-state index in [2.05, 4.69) is 31.0 Å². The van der Waals surface area contributed by atoms with Gasteiger partial charge in [-0.2, -0.15) is 0 Å². The first-order valence-corrected chi connectivity index (χ1v) is 8.63. The monoisotopic (exact) mass is 266 g/mol. The highest BCUT2D eigenvalue weighted by Gasteiger charge is 2.37. The van der Waals surface area contributed by atoms with Gasteiger partial charge in [0.2, 0.25) is 0 Å². The zero-order chi connectivity index (χ0) is 13.7. The minimum absolute atomic E-state index is 0.555. The van der Waals surface area contributed by atoms with Gasteiger partial charge in [-0.05, 0) is 37.6 Å².